The lowest BCUT2D eigenvalue weighted by Gasteiger charge is -2.17. The van der Waals surface area contributed by atoms with Gasteiger partial charge in [-0.05, 0) is 24.6 Å². The number of ether oxygens (including phenoxy) is 3. The van der Waals surface area contributed by atoms with Crippen molar-refractivity contribution >= 4 is 0 Å². The Balaban J connectivity index is 1.94. The maximum Gasteiger partial charge on any atom is 0.124 e. The number of hydrogen-bond acceptors (Lipinski definition) is 5. The van der Waals surface area contributed by atoms with E-state index in [9.17, 15) is 5.11 Å². The second kappa shape index (κ2) is 22.8. The summed E-state index contributed by atoms with van der Waals surface area (Å²) in [6.45, 7) is 3.52. The molecular formula is C30H51NO4. The molecule has 1 aromatic rings. The van der Waals surface area contributed by atoms with Gasteiger partial charge in [0.1, 0.15) is 11.9 Å². The largest absolute Gasteiger partial charge is 0.496 e. The molecule has 5 nitrogen and oxygen atoms in total. The quantitative estimate of drug-likeness (QED) is 0.150. The fourth-order valence-electron chi connectivity index (χ4n) is 4.29. The van der Waals surface area contributed by atoms with Gasteiger partial charge in [0.15, 0.2) is 0 Å². The third-order valence-electron chi connectivity index (χ3n) is 6.53. The highest BCUT2D eigenvalue weighted by Crippen LogP contribution is 2.21. The van der Waals surface area contributed by atoms with Gasteiger partial charge in [0.05, 0.1) is 38.6 Å². The van der Waals surface area contributed by atoms with Gasteiger partial charge in [-0.1, -0.05) is 103 Å². The normalized spacial score (nSPS) is 11.9. The summed E-state index contributed by atoms with van der Waals surface area (Å²) in [6.07, 6.45) is 21.3. The molecule has 1 N–H and O–H groups in total. The number of aliphatic hydroxyl groups excluding tert-OH is 1. The molecule has 0 aliphatic heterocycles. The minimum atomic E-state index is -0.383. The second-order valence-electron chi connectivity index (χ2n) is 9.63. The fraction of sp³-hybridized carbons (Fsp3) is 0.767. The molecule has 0 aliphatic rings. The van der Waals surface area contributed by atoms with Gasteiger partial charge in [-0.3, -0.25) is 0 Å². The second-order valence-corrected chi connectivity index (χ2v) is 9.63. The number of nitrogens with zero attached hydrogens (tertiary/aromatic N) is 1. The van der Waals surface area contributed by atoms with Crippen molar-refractivity contribution in [1.82, 2.24) is 0 Å². The summed E-state index contributed by atoms with van der Waals surface area (Å²) >= 11 is 0. The van der Waals surface area contributed by atoms with Crippen LogP contribution in [-0.2, 0) is 16.1 Å². The molecule has 0 aromatic heterocycles. The number of nitriles is 1. The molecule has 0 fully saturated rings. The summed E-state index contributed by atoms with van der Waals surface area (Å²) in [5.74, 6) is 0.676. The number of benzene rings is 1. The van der Waals surface area contributed by atoms with E-state index in [2.05, 4.69) is 13.0 Å². The Bertz CT molecular complexity index is 658. The molecule has 1 rings (SSSR count). The molecule has 0 unspecified atom stereocenters. The van der Waals surface area contributed by atoms with E-state index in [1.807, 2.05) is 0 Å². The van der Waals surface area contributed by atoms with Crippen LogP contribution in [0.3, 0.4) is 0 Å². The molecule has 0 spiro atoms. The lowest BCUT2D eigenvalue weighted by Crippen LogP contribution is -2.24. The lowest BCUT2D eigenvalue weighted by atomic mass is 10.0. The van der Waals surface area contributed by atoms with Crippen molar-refractivity contribution in [3.63, 3.8) is 0 Å². The molecule has 0 aliphatic carbocycles. The zero-order chi connectivity index (χ0) is 25.4. The molecule has 5 heteroatoms. The molecule has 0 heterocycles. The molecule has 35 heavy (non-hydrogen) atoms. The molecule has 0 saturated carbocycles. The van der Waals surface area contributed by atoms with Crippen LogP contribution in [0.4, 0.5) is 0 Å². The van der Waals surface area contributed by atoms with Crippen molar-refractivity contribution in [2.75, 3.05) is 26.9 Å². The van der Waals surface area contributed by atoms with Gasteiger partial charge in [-0.15, -0.1) is 0 Å². The Morgan fingerprint density at radius 3 is 1.86 bits per heavy atom. The minimum absolute atomic E-state index is 0.0980. The zero-order valence-electron chi connectivity index (χ0n) is 22.6. The van der Waals surface area contributed by atoms with E-state index >= 15 is 0 Å². The van der Waals surface area contributed by atoms with Crippen LogP contribution < -0.4 is 4.74 Å². The van der Waals surface area contributed by atoms with Crippen molar-refractivity contribution in [3.8, 4) is 11.8 Å². The Morgan fingerprint density at radius 2 is 1.37 bits per heavy atom. The van der Waals surface area contributed by atoms with Crippen LogP contribution in [0.25, 0.3) is 0 Å². The summed E-state index contributed by atoms with van der Waals surface area (Å²) in [5, 5.41) is 18.7. The smallest absolute Gasteiger partial charge is 0.124 e. The highest BCUT2D eigenvalue weighted by Gasteiger charge is 2.11. The van der Waals surface area contributed by atoms with Crippen LogP contribution in [0.5, 0.6) is 5.75 Å². The summed E-state index contributed by atoms with van der Waals surface area (Å²) in [5.41, 5.74) is 1.35. The van der Waals surface area contributed by atoms with Gasteiger partial charge in [0.25, 0.3) is 0 Å². The number of rotatable bonds is 24. The first-order chi connectivity index (χ1) is 17.2. The van der Waals surface area contributed by atoms with E-state index in [1.54, 1.807) is 25.3 Å². The van der Waals surface area contributed by atoms with Crippen LogP contribution in [0, 0.1) is 11.3 Å². The molecular weight excluding hydrogens is 438 g/mol. The van der Waals surface area contributed by atoms with Crippen molar-refractivity contribution in [1.29, 1.82) is 5.26 Å². The van der Waals surface area contributed by atoms with Gasteiger partial charge in [0.2, 0.25) is 0 Å². The highest BCUT2D eigenvalue weighted by molar-refractivity contribution is 5.41. The number of hydrogen-bond donors (Lipinski definition) is 1. The Morgan fingerprint density at radius 1 is 0.829 bits per heavy atom. The molecule has 0 saturated heterocycles. The van der Waals surface area contributed by atoms with Crippen LogP contribution in [0.1, 0.15) is 121 Å². The van der Waals surface area contributed by atoms with E-state index < -0.39 is 0 Å². The lowest BCUT2D eigenvalue weighted by molar-refractivity contribution is -0.0506. The first-order valence-electron chi connectivity index (χ1n) is 14.1. The zero-order valence-corrected chi connectivity index (χ0v) is 22.6. The van der Waals surface area contributed by atoms with Crippen molar-refractivity contribution in [3.05, 3.63) is 29.3 Å². The van der Waals surface area contributed by atoms with Gasteiger partial charge in [-0.25, -0.2) is 0 Å². The molecule has 0 radical (unpaired) electrons. The minimum Gasteiger partial charge on any atom is -0.496 e. The molecule has 200 valence electrons. The molecule has 0 bridgehead atoms. The fourth-order valence-corrected chi connectivity index (χ4v) is 4.29. The Labute approximate surface area is 215 Å². The van der Waals surface area contributed by atoms with Crippen LogP contribution in [0.2, 0.25) is 0 Å². The van der Waals surface area contributed by atoms with Crippen molar-refractivity contribution in [2.24, 2.45) is 0 Å². The van der Waals surface area contributed by atoms with Crippen LogP contribution in [-0.4, -0.2) is 38.1 Å². The topological polar surface area (TPSA) is 71.7 Å². The van der Waals surface area contributed by atoms with E-state index in [1.165, 1.54) is 96.3 Å². The van der Waals surface area contributed by atoms with Crippen molar-refractivity contribution in [2.45, 2.75) is 122 Å². The van der Waals surface area contributed by atoms with Gasteiger partial charge in [-0.2, -0.15) is 5.26 Å². The van der Waals surface area contributed by atoms with E-state index in [0.29, 0.717) is 24.5 Å². The first-order valence-corrected chi connectivity index (χ1v) is 14.1. The third kappa shape index (κ3) is 16.6. The third-order valence-corrected chi connectivity index (χ3v) is 6.53. The first kappa shape index (κ1) is 31.4. The summed E-state index contributed by atoms with van der Waals surface area (Å²) in [6, 6.07) is 7.36. The number of methoxy groups -OCH3 is 1. The molecule has 1 atom stereocenters. The average Bonchev–Trinajstić information content (AvgIpc) is 2.89. The summed E-state index contributed by atoms with van der Waals surface area (Å²) in [7, 11) is 1.59. The van der Waals surface area contributed by atoms with Crippen LogP contribution >= 0.6 is 0 Å². The molecule has 0 amide bonds. The van der Waals surface area contributed by atoms with E-state index in [4.69, 9.17) is 19.5 Å². The van der Waals surface area contributed by atoms with E-state index in [-0.39, 0.29) is 19.3 Å². The monoisotopic (exact) mass is 489 g/mol. The number of unbranched alkanes of at least 4 members (excludes halogenated alkanes) is 15. The highest BCUT2D eigenvalue weighted by atomic mass is 16.5. The standard InChI is InChI=1S/C30H51NO4/c1-3-4-5-6-7-8-9-10-11-12-13-14-15-16-17-18-21-34-26-29(24-32)35-25-28-22-27(23-31)19-20-30(28)33-2/h19-20,22,29,32H,3-18,21,24-26H2,1-2H3/t29-/m0/s1. The predicted octanol–water partition coefficient (Wildman–Crippen LogP) is 7.72. The van der Waals surface area contributed by atoms with Gasteiger partial charge in [0, 0.05) is 12.2 Å². The average molecular weight is 490 g/mol. The van der Waals surface area contributed by atoms with E-state index in [0.717, 1.165) is 12.0 Å². The SMILES string of the molecule is CCCCCCCCCCCCCCCCCCOC[C@H](CO)OCc1cc(C#N)ccc1OC. The van der Waals surface area contributed by atoms with Gasteiger partial charge >= 0.3 is 0 Å². The van der Waals surface area contributed by atoms with Crippen molar-refractivity contribution < 1.29 is 19.3 Å². The Kier molecular flexibility index (Phi) is 20.5. The maximum absolute atomic E-state index is 9.59. The Hall–Kier alpha value is -1.61. The van der Waals surface area contributed by atoms with Crippen LogP contribution in [0.15, 0.2) is 18.2 Å². The number of aliphatic hydroxyl groups is 1. The maximum atomic E-state index is 9.59. The van der Waals surface area contributed by atoms with Gasteiger partial charge < -0.3 is 19.3 Å². The summed E-state index contributed by atoms with van der Waals surface area (Å²) < 4.78 is 16.8. The predicted molar refractivity (Wildman–Crippen MR) is 144 cm³/mol. The summed E-state index contributed by atoms with van der Waals surface area (Å²) in [4.78, 5) is 0. The molecule has 1 aromatic carbocycles.